The number of hydrogen-bond acceptors (Lipinski definition) is 5. The van der Waals surface area contributed by atoms with Gasteiger partial charge in [0.1, 0.15) is 6.04 Å². The number of guanidine groups is 1. The minimum atomic E-state index is -0.948. The van der Waals surface area contributed by atoms with E-state index >= 15 is 0 Å². The normalized spacial score (nSPS) is 23.7. The molecule has 0 spiro atoms. The summed E-state index contributed by atoms with van der Waals surface area (Å²) < 4.78 is 5.13. The Morgan fingerprint density at radius 3 is 2.56 bits per heavy atom. The molecular formula is C19H25N3O3. The van der Waals surface area contributed by atoms with E-state index in [0.29, 0.717) is 5.96 Å². The van der Waals surface area contributed by atoms with E-state index in [2.05, 4.69) is 10.2 Å². The van der Waals surface area contributed by atoms with Gasteiger partial charge in [-0.15, -0.1) is 0 Å². The van der Waals surface area contributed by atoms with Crippen molar-refractivity contribution in [3.8, 4) is 0 Å². The SMILES string of the molecule is CCOC(=O)[C@@H]1C(=O)NC(N2CCCCC2)=N[C@@H]1c1ccc(C)cc1. The number of ether oxygens (including phenoxy) is 1. The Hall–Kier alpha value is -2.37. The minimum absolute atomic E-state index is 0.242. The van der Waals surface area contributed by atoms with Gasteiger partial charge in [-0.2, -0.15) is 0 Å². The molecule has 0 saturated carbocycles. The van der Waals surface area contributed by atoms with Crippen LogP contribution in [0.4, 0.5) is 0 Å². The number of hydrogen-bond donors (Lipinski definition) is 1. The Kier molecular flexibility index (Phi) is 5.36. The number of piperidine rings is 1. The van der Waals surface area contributed by atoms with Crippen LogP contribution in [0.2, 0.25) is 0 Å². The van der Waals surface area contributed by atoms with Crippen LogP contribution in [0.3, 0.4) is 0 Å². The van der Waals surface area contributed by atoms with Gasteiger partial charge in [0.25, 0.3) is 0 Å². The third-order valence-electron chi connectivity index (χ3n) is 4.71. The maximum atomic E-state index is 12.7. The molecule has 1 aromatic rings. The molecule has 0 radical (unpaired) electrons. The van der Waals surface area contributed by atoms with Gasteiger partial charge in [0, 0.05) is 13.1 Å². The lowest BCUT2D eigenvalue weighted by Crippen LogP contribution is -2.53. The lowest BCUT2D eigenvalue weighted by molar-refractivity contribution is -0.153. The minimum Gasteiger partial charge on any atom is -0.465 e. The summed E-state index contributed by atoms with van der Waals surface area (Å²) in [4.78, 5) is 31.9. The Labute approximate surface area is 148 Å². The molecule has 3 rings (SSSR count). The molecule has 2 heterocycles. The van der Waals surface area contributed by atoms with Gasteiger partial charge in [0.15, 0.2) is 5.92 Å². The Morgan fingerprint density at radius 2 is 1.92 bits per heavy atom. The molecule has 2 aliphatic rings. The van der Waals surface area contributed by atoms with Gasteiger partial charge in [-0.3, -0.25) is 14.9 Å². The second-order valence-corrected chi connectivity index (χ2v) is 6.57. The monoisotopic (exact) mass is 343 g/mol. The Balaban J connectivity index is 1.95. The number of nitrogens with zero attached hydrogens (tertiary/aromatic N) is 2. The third-order valence-corrected chi connectivity index (χ3v) is 4.71. The molecule has 0 aromatic heterocycles. The molecular weight excluding hydrogens is 318 g/mol. The highest BCUT2D eigenvalue weighted by Crippen LogP contribution is 2.31. The first-order valence-electron chi connectivity index (χ1n) is 8.97. The number of aliphatic imine (C=N–C) groups is 1. The van der Waals surface area contributed by atoms with Crippen LogP contribution in [-0.4, -0.2) is 42.4 Å². The summed E-state index contributed by atoms with van der Waals surface area (Å²) in [5, 5.41) is 2.82. The first kappa shape index (κ1) is 17.5. The van der Waals surface area contributed by atoms with Crippen molar-refractivity contribution in [1.29, 1.82) is 0 Å². The molecule has 2 aliphatic heterocycles. The zero-order valence-electron chi connectivity index (χ0n) is 14.8. The van der Waals surface area contributed by atoms with E-state index in [4.69, 9.17) is 9.73 Å². The molecule has 1 saturated heterocycles. The molecule has 134 valence electrons. The average molecular weight is 343 g/mol. The van der Waals surface area contributed by atoms with Crippen LogP contribution in [0.15, 0.2) is 29.3 Å². The van der Waals surface area contributed by atoms with Crippen molar-refractivity contribution < 1.29 is 14.3 Å². The number of likely N-dealkylation sites (tertiary alicyclic amines) is 1. The number of carbonyl (C=O) groups excluding carboxylic acids is 2. The Bertz CT molecular complexity index is 663. The van der Waals surface area contributed by atoms with Gasteiger partial charge in [-0.05, 0) is 38.7 Å². The van der Waals surface area contributed by atoms with Crippen LogP contribution in [-0.2, 0) is 14.3 Å². The molecule has 2 atom stereocenters. The summed E-state index contributed by atoms with van der Waals surface area (Å²) in [5.74, 6) is -1.22. The van der Waals surface area contributed by atoms with Gasteiger partial charge in [0.2, 0.25) is 11.9 Å². The lowest BCUT2D eigenvalue weighted by Gasteiger charge is -2.35. The molecule has 6 heteroatoms. The standard InChI is InChI=1S/C19H25N3O3/c1-3-25-18(24)15-16(14-9-7-13(2)8-10-14)20-19(21-17(15)23)22-11-5-4-6-12-22/h7-10,15-16H,3-6,11-12H2,1-2H3,(H,20,21,23)/t15-,16+/m0/s1. The second kappa shape index (κ2) is 7.68. The third kappa shape index (κ3) is 3.83. The fourth-order valence-corrected chi connectivity index (χ4v) is 3.33. The van der Waals surface area contributed by atoms with Crippen molar-refractivity contribution in [1.82, 2.24) is 10.2 Å². The second-order valence-electron chi connectivity index (χ2n) is 6.57. The predicted molar refractivity (Wildman–Crippen MR) is 95.0 cm³/mol. The zero-order valence-corrected chi connectivity index (χ0v) is 14.8. The van der Waals surface area contributed by atoms with Crippen LogP contribution in [0.25, 0.3) is 0 Å². The Morgan fingerprint density at radius 1 is 1.24 bits per heavy atom. The number of aryl methyl sites for hydroxylation is 1. The lowest BCUT2D eigenvalue weighted by atomic mass is 9.91. The first-order chi connectivity index (χ1) is 12.1. The average Bonchev–Trinajstić information content (AvgIpc) is 2.62. The van der Waals surface area contributed by atoms with Crippen molar-refractivity contribution in [3.63, 3.8) is 0 Å². The van der Waals surface area contributed by atoms with Crippen molar-refractivity contribution in [2.45, 2.75) is 39.2 Å². The predicted octanol–water partition coefficient (Wildman–Crippen LogP) is 2.19. The van der Waals surface area contributed by atoms with Gasteiger partial charge >= 0.3 is 5.97 Å². The van der Waals surface area contributed by atoms with E-state index in [9.17, 15) is 9.59 Å². The zero-order chi connectivity index (χ0) is 17.8. The summed E-state index contributed by atoms with van der Waals surface area (Å²) in [7, 11) is 0. The molecule has 1 N–H and O–H groups in total. The number of nitrogens with one attached hydrogen (secondary N) is 1. The summed E-state index contributed by atoms with van der Waals surface area (Å²) in [6.07, 6.45) is 3.38. The number of esters is 1. The first-order valence-corrected chi connectivity index (χ1v) is 8.97. The van der Waals surface area contributed by atoms with Crippen molar-refractivity contribution in [2.24, 2.45) is 10.9 Å². The van der Waals surface area contributed by atoms with Gasteiger partial charge < -0.3 is 9.64 Å². The summed E-state index contributed by atoms with van der Waals surface area (Å²) >= 11 is 0. The number of carbonyl (C=O) groups is 2. The van der Waals surface area contributed by atoms with Gasteiger partial charge in [-0.25, -0.2) is 4.99 Å². The van der Waals surface area contributed by atoms with Crippen molar-refractivity contribution in [3.05, 3.63) is 35.4 Å². The van der Waals surface area contributed by atoms with Crippen LogP contribution >= 0.6 is 0 Å². The fourth-order valence-electron chi connectivity index (χ4n) is 3.33. The summed E-state index contributed by atoms with van der Waals surface area (Å²) in [5.41, 5.74) is 1.98. The molecule has 1 aromatic carbocycles. The van der Waals surface area contributed by atoms with Crippen LogP contribution in [0, 0.1) is 12.8 Å². The van der Waals surface area contributed by atoms with Crippen LogP contribution in [0.5, 0.6) is 0 Å². The molecule has 0 bridgehead atoms. The van der Waals surface area contributed by atoms with Gasteiger partial charge in [0.05, 0.1) is 6.61 Å². The summed E-state index contributed by atoms with van der Waals surface area (Å²) in [6.45, 7) is 5.74. The van der Waals surface area contributed by atoms with Crippen LogP contribution < -0.4 is 5.32 Å². The molecule has 25 heavy (non-hydrogen) atoms. The molecule has 0 unspecified atom stereocenters. The van der Waals surface area contributed by atoms with Crippen LogP contribution in [0.1, 0.15) is 43.4 Å². The molecule has 1 amide bonds. The van der Waals surface area contributed by atoms with E-state index < -0.39 is 17.9 Å². The van der Waals surface area contributed by atoms with E-state index in [-0.39, 0.29) is 12.5 Å². The number of benzene rings is 1. The molecule has 0 aliphatic carbocycles. The number of rotatable bonds is 3. The van der Waals surface area contributed by atoms with Crippen molar-refractivity contribution >= 4 is 17.8 Å². The largest absolute Gasteiger partial charge is 0.465 e. The highest BCUT2D eigenvalue weighted by atomic mass is 16.5. The molecule has 1 fully saturated rings. The fraction of sp³-hybridized carbons (Fsp3) is 0.526. The maximum Gasteiger partial charge on any atom is 0.321 e. The van der Waals surface area contributed by atoms with E-state index in [1.54, 1.807) is 6.92 Å². The van der Waals surface area contributed by atoms with Gasteiger partial charge in [-0.1, -0.05) is 29.8 Å². The summed E-state index contributed by atoms with van der Waals surface area (Å²) in [6, 6.07) is 7.26. The maximum absolute atomic E-state index is 12.7. The van der Waals surface area contributed by atoms with E-state index in [1.807, 2.05) is 31.2 Å². The topological polar surface area (TPSA) is 71.0 Å². The van der Waals surface area contributed by atoms with E-state index in [0.717, 1.165) is 37.1 Å². The molecule has 6 nitrogen and oxygen atoms in total. The van der Waals surface area contributed by atoms with Crippen molar-refractivity contribution in [2.75, 3.05) is 19.7 Å². The highest BCUT2D eigenvalue weighted by Gasteiger charge is 2.41. The van der Waals surface area contributed by atoms with E-state index in [1.165, 1.54) is 6.42 Å². The smallest absolute Gasteiger partial charge is 0.321 e. The highest BCUT2D eigenvalue weighted by molar-refractivity contribution is 6.08. The quantitative estimate of drug-likeness (QED) is 0.675. The number of amides is 1.